The van der Waals surface area contributed by atoms with Gasteiger partial charge in [0.2, 0.25) is 0 Å². The van der Waals surface area contributed by atoms with Crippen LogP contribution >= 0.6 is 11.6 Å². The molecule has 0 saturated carbocycles. The minimum Gasteiger partial charge on any atom is -0.490 e. The summed E-state index contributed by atoms with van der Waals surface area (Å²) in [7, 11) is 0. The second kappa shape index (κ2) is 11.2. The van der Waals surface area contributed by atoms with Gasteiger partial charge in [0.05, 0.1) is 24.1 Å². The van der Waals surface area contributed by atoms with Gasteiger partial charge in [-0.05, 0) is 61.0 Å². The number of carbonyl (C=O) groups is 1. The molecule has 1 heterocycles. The Balaban J connectivity index is 1.45. The number of amides is 1. The summed E-state index contributed by atoms with van der Waals surface area (Å²) in [5, 5.41) is 4.78. The summed E-state index contributed by atoms with van der Waals surface area (Å²) in [5.74, 6) is 0.886. The number of nitrogens with one attached hydrogen (secondary N) is 1. The number of ether oxygens (including phenoxy) is 2. The van der Waals surface area contributed by atoms with Crippen molar-refractivity contribution in [2.24, 2.45) is 5.10 Å². The van der Waals surface area contributed by atoms with Crippen LogP contribution in [0.4, 0.5) is 0 Å². The topological polar surface area (TPSA) is 64.8 Å². The van der Waals surface area contributed by atoms with Crippen LogP contribution in [0.1, 0.15) is 28.4 Å². The fourth-order valence-corrected chi connectivity index (χ4v) is 3.57. The molecule has 7 heteroatoms. The van der Waals surface area contributed by atoms with E-state index >= 15 is 0 Å². The standard InChI is InChI=1S/C27H24ClN3O3/c1-2-33-26-17-20(13-14-25(26)34-19-21-9-3-5-11-23(21)28)18-29-30-27(32)22-10-4-6-12-24(22)31-15-7-8-16-31/h3-18H,2,19H2,1H3,(H,30,32)/b29-18+. The number of halogens is 1. The molecule has 0 bridgehead atoms. The highest BCUT2D eigenvalue weighted by Gasteiger charge is 2.11. The maximum absolute atomic E-state index is 12.7. The molecule has 172 valence electrons. The Hall–Kier alpha value is -4.03. The second-order valence-electron chi connectivity index (χ2n) is 7.33. The molecule has 4 aromatic rings. The second-order valence-corrected chi connectivity index (χ2v) is 7.73. The van der Waals surface area contributed by atoms with Gasteiger partial charge < -0.3 is 14.0 Å². The van der Waals surface area contributed by atoms with Crippen LogP contribution in [0.2, 0.25) is 5.02 Å². The fourth-order valence-electron chi connectivity index (χ4n) is 3.38. The number of para-hydroxylation sites is 1. The van der Waals surface area contributed by atoms with E-state index in [1.165, 1.54) is 0 Å². The molecule has 6 nitrogen and oxygen atoms in total. The van der Waals surface area contributed by atoms with E-state index < -0.39 is 0 Å². The van der Waals surface area contributed by atoms with Crippen LogP contribution in [0.5, 0.6) is 11.5 Å². The van der Waals surface area contributed by atoms with Crippen LogP contribution < -0.4 is 14.9 Å². The zero-order chi connectivity index (χ0) is 23.8. The lowest BCUT2D eigenvalue weighted by molar-refractivity contribution is 0.0955. The number of aromatic nitrogens is 1. The van der Waals surface area contributed by atoms with Crippen molar-refractivity contribution in [2.75, 3.05) is 6.61 Å². The highest BCUT2D eigenvalue weighted by molar-refractivity contribution is 6.31. The minimum atomic E-state index is -0.301. The van der Waals surface area contributed by atoms with Crippen LogP contribution in [-0.4, -0.2) is 23.3 Å². The van der Waals surface area contributed by atoms with E-state index in [9.17, 15) is 4.79 Å². The molecular weight excluding hydrogens is 450 g/mol. The Kier molecular flexibility index (Phi) is 7.63. The monoisotopic (exact) mass is 473 g/mol. The average Bonchev–Trinajstić information content (AvgIpc) is 3.39. The molecule has 0 unspecified atom stereocenters. The fraction of sp³-hybridized carbons (Fsp3) is 0.111. The van der Waals surface area contributed by atoms with Crippen molar-refractivity contribution in [2.45, 2.75) is 13.5 Å². The van der Waals surface area contributed by atoms with Crippen LogP contribution in [0.15, 0.2) is 96.4 Å². The number of hydrogen-bond donors (Lipinski definition) is 1. The van der Waals surface area contributed by atoms with E-state index in [0.717, 1.165) is 16.8 Å². The number of rotatable bonds is 9. The van der Waals surface area contributed by atoms with Gasteiger partial charge in [0.25, 0.3) is 5.91 Å². The minimum absolute atomic E-state index is 0.301. The Morgan fingerprint density at radius 1 is 0.971 bits per heavy atom. The molecule has 1 amide bonds. The molecule has 0 aliphatic rings. The van der Waals surface area contributed by atoms with Gasteiger partial charge in [-0.15, -0.1) is 0 Å². The van der Waals surface area contributed by atoms with E-state index in [-0.39, 0.29) is 5.91 Å². The molecule has 0 atom stereocenters. The molecular formula is C27H24ClN3O3. The number of benzene rings is 3. The zero-order valence-corrected chi connectivity index (χ0v) is 19.4. The van der Waals surface area contributed by atoms with Crippen molar-refractivity contribution in [3.63, 3.8) is 0 Å². The smallest absolute Gasteiger partial charge is 0.273 e. The largest absolute Gasteiger partial charge is 0.490 e. The van der Waals surface area contributed by atoms with Gasteiger partial charge in [-0.1, -0.05) is 41.9 Å². The number of carbonyl (C=O) groups excluding carboxylic acids is 1. The molecule has 0 radical (unpaired) electrons. The maximum atomic E-state index is 12.7. The lowest BCUT2D eigenvalue weighted by Gasteiger charge is -2.13. The summed E-state index contributed by atoms with van der Waals surface area (Å²) in [5.41, 5.74) is 5.54. The summed E-state index contributed by atoms with van der Waals surface area (Å²) in [4.78, 5) is 12.7. The highest BCUT2D eigenvalue weighted by atomic mass is 35.5. The van der Waals surface area contributed by atoms with Crippen LogP contribution in [-0.2, 0) is 6.61 Å². The van der Waals surface area contributed by atoms with Crippen molar-refractivity contribution >= 4 is 23.7 Å². The van der Waals surface area contributed by atoms with Crippen molar-refractivity contribution in [3.05, 3.63) is 113 Å². The van der Waals surface area contributed by atoms with Gasteiger partial charge in [-0.25, -0.2) is 5.43 Å². The van der Waals surface area contributed by atoms with E-state index in [1.807, 2.05) is 96.7 Å². The van der Waals surface area contributed by atoms with Gasteiger partial charge >= 0.3 is 0 Å². The first kappa shape index (κ1) is 23.1. The summed E-state index contributed by atoms with van der Waals surface area (Å²) < 4.78 is 13.6. The summed E-state index contributed by atoms with van der Waals surface area (Å²) in [6, 6.07) is 24.2. The van der Waals surface area contributed by atoms with Crippen LogP contribution in [0.3, 0.4) is 0 Å². The summed E-state index contributed by atoms with van der Waals surface area (Å²) >= 11 is 6.22. The first-order valence-corrected chi connectivity index (χ1v) is 11.2. The van der Waals surface area contributed by atoms with Crippen molar-refractivity contribution in [1.82, 2.24) is 9.99 Å². The molecule has 0 aliphatic carbocycles. The Labute approximate surface area is 203 Å². The van der Waals surface area contributed by atoms with E-state index in [4.69, 9.17) is 21.1 Å². The highest BCUT2D eigenvalue weighted by Crippen LogP contribution is 2.29. The van der Waals surface area contributed by atoms with E-state index in [1.54, 1.807) is 12.3 Å². The van der Waals surface area contributed by atoms with E-state index in [2.05, 4.69) is 10.5 Å². The lowest BCUT2D eigenvalue weighted by atomic mass is 10.1. The Morgan fingerprint density at radius 3 is 2.53 bits per heavy atom. The third-order valence-electron chi connectivity index (χ3n) is 5.02. The average molecular weight is 474 g/mol. The first-order chi connectivity index (χ1) is 16.7. The van der Waals surface area contributed by atoms with Gasteiger partial charge in [-0.3, -0.25) is 4.79 Å². The molecule has 0 fully saturated rings. The zero-order valence-electron chi connectivity index (χ0n) is 18.6. The predicted octanol–water partition coefficient (Wildman–Crippen LogP) is 5.87. The Bertz CT molecular complexity index is 1290. The predicted molar refractivity (Wildman–Crippen MR) is 134 cm³/mol. The summed E-state index contributed by atoms with van der Waals surface area (Å²) in [6.07, 6.45) is 5.34. The molecule has 1 aromatic heterocycles. The maximum Gasteiger partial charge on any atom is 0.273 e. The molecule has 0 aliphatic heterocycles. The Morgan fingerprint density at radius 2 is 1.74 bits per heavy atom. The van der Waals surface area contributed by atoms with Gasteiger partial charge in [0, 0.05) is 23.0 Å². The molecule has 0 spiro atoms. The van der Waals surface area contributed by atoms with Crippen molar-refractivity contribution < 1.29 is 14.3 Å². The molecule has 1 N–H and O–H groups in total. The quantitative estimate of drug-likeness (QED) is 0.244. The molecule has 0 saturated heterocycles. The number of hydrazone groups is 1. The molecule has 4 rings (SSSR count). The number of nitrogens with zero attached hydrogens (tertiary/aromatic N) is 2. The third kappa shape index (κ3) is 5.66. The molecule has 34 heavy (non-hydrogen) atoms. The van der Waals surface area contributed by atoms with Gasteiger partial charge in [0.15, 0.2) is 11.5 Å². The van der Waals surface area contributed by atoms with Crippen molar-refractivity contribution in [1.29, 1.82) is 0 Å². The lowest BCUT2D eigenvalue weighted by Crippen LogP contribution is -2.19. The summed E-state index contributed by atoms with van der Waals surface area (Å²) in [6.45, 7) is 2.71. The van der Waals surface area contributed by atoms with Gasteiger partial charge in [0.1, 0.15) is 6.61 Å². The van der Waals surface area contributed by atoms with Crippen LogP contribution in [0, 0.1) is 0 Å². The van der Waals surface area contributed by atoms with E-state index in [0.29, 0.717) is 35.3 Å². The normalized spacial score (nSPS) is 10.9. The SMILES string of the molecule is CCOc1cc(/C=N/NC(=O)c2ccccc2-n2cccc2)ccc1OCc1ccccc1Cl. The van der Waals surface area contributed by atoms with Gasteiger partial charge in [-0.2, -0.15) is 5.10 Å². The van der Waals surface area contributed by atoms with Crippen LogP contribution in [0.25, 0.3) is 5.69 Å². The first-order valence-electron chi connectivity index (χ1n) is 10.8. The van der Waals surface area contributed by atoms with Crippen molar-refractivity contribution in [3.8, 4) is 17.2 Å². The number of hydrogen-bond acceptors (Lipinski definition) is 4. The third-order valence-corrected chi connectivity index (χ3v) is 5.39. The molecule has 3 aromatic carbocycles.